The SMILES string of the molecule is CCC(OC1CCCC1)C(=O)O. The van der Waals surface area contributed by atoms with E-state index >= 15 is 0 Å². The van der Waals surface area contributed by atoms with Crippen LogP contribution in [0.25, 0.3) is 0 Å². The molecule has 1 N–H and O–H groups in total. The molecule has 70 valence electrons. The lowest BCUT2D eigenvalue weighted by molar-refractivity contribution is -0.154. The summed E-state index contributed by atoms with van der Waals surface area (Å²) in [5.74, 6) is -0.829. The van der Waals surface area contributed by atoms with Crippen LogP contribution in [0.15, 0.2) is 0 Å². The molecule has 0 aromatic heterocycles. The minimum atomic E-state index is -0.829. The zero-order valence-corrected chi connectivity index (χ0v) is 7.45. The number of hydrogen-bond donors (Lipinski definition) is 1. The van der Waals surface area contributed by atoms with Crippen molar-refractivity contribution >= 4 is 5.97 Å². The van der Waals surface area contributed by atoms with Gasteiger partial charge in [-0.3, -0.25) is 0 Å². The number of carboxylic acid groups (broad SMARTS) is 1. The van der Waals surface area contributed by atoms with Crippen LogP contribution in [0.1, 0.15) is 39.0 Å². The number of hydrogen-bond acceptors (Lipinski definition) is 2. The molecular formula is C9H16O3. The molecule has 0 saturated heterocycles. The molecule has 0 amide bonds. The molecule has 0 bridgehead atoms. The van der Waals surface area contributed by atoms with Gasteiger partial charge in [-0.05, 0) is 19.3 Å². The highest BCUT2D eigenvalue weighted by atomic mass is 16.5. The Morgan fingerprint density at radius 1 is 1.58 bits per heavy atom. The Balaban J connectivity index is 2.30. The standard InChI is InChI=1S/C9H16O3/c1-2-8(9(10)11)12-7-5-3-4-6-7/h7-8H,2-6H2,1H3,(H,10,11). The van der Waals surface area contributed by atoms with E-state index in [4.69, 9.17) is 9.84 Å². The molecule has 0 aromatic carbocycles. The molecule has 1 aliphatic rings. The van der Waals surface area contributed by atoms with Crippen molar-refractivity contribution in [3.05, 3.63) is 0 Å². The maximum absolute atomic E-state index is 10.6. The summed E-state index contributed by atoms with van der Waals surface area (Å²) in [6.07, 6.45) is 4.60. The highest BCUT2D eigenvalue weighted by Crippen LogP contribution is 2.22. The van der Waals surface area contributed by atoms with E-state index < -0.39 is 12.1 Å². The van der Waals surface area contributed by atoms with E-state index in [1.807, 2.05) is 6.92 Å². The van der Waals surface area contributed by atoms with Gasteiger partial charge < -0.3 is 9.84 Å². The van der Waals surface area contributed by atoms with Gasteiger partial charge in [-0.25, -0.2) is 4.79 Å². The summed E-state index contributed by atoms with van der Waals surface area (Å²) in [5, 5.41) is 8.71. The summed E-state index contributed by atoms with van der Waals surface area (Å²) in [7, 11) is 0. The maximum Gasteiger partial charge on any atom is 0.332 e. The smallest absolute Gasteiger partial charge is 0.332 e. The fraction of sp³-hybridized carbons (Fsp3) is 0.889. The van der Waals surface area contributed by atoms with Gasteiger partial charge in [-0.15, -0.1) is 0 Å². The van der Waals surface area contributed by atoms with Crippen molar-refractivity contribution < 1.29 is 14.6 Å². The fourth-order valence-electron chi connectivity index (χ4n) is 1.59. The van der Waals surface area contributed by atoms with E-state index in [9.17, 15) is 4.79 Å². The summed E-state index contributed by atoms with van der Waals surface area (Å²) in [4.78, 5) is 10.6. The molecule has 0 aliphatic heterocycles. The zero-order valence-electron chi connectivity index (χ0n) is 7.45. The van der Waals surface area contributed by atoms with Gasteiger partial charge in [-0.2, -0.15) is 0 Å². The van der Waals surface area contributed by atoms with Crippen molar-refractivity contribution in [2.24, 2.45) is 0 Å². The monoisotopic (exact) mass is 172 g/mol. The molecule has 3 heteroatoms. The third-order valence-corrected chi connectivity index (χ3v) is 2.31. The van der Waals surface area contributed by atoms with Gasteiger partial charge in [0.1, 0.15) is 0 Å². The van der Waals surface area contributed by atoms with Crippen LogP contribution in [0.4, 0.5) is 0 Å². The largest absolute Gasteiger partial charge is 0.479 e. The Labute approximate surface area is 72.7 Å². The van der Waals surface area contributed by atoms with Crippen LogP contribution in [0.5, 0.6) is 0 Å². The van der Waals surface area contributed by atoms with Gasteiger partial charge in [0.15, 0.2) is 6.10 Å². The number of rotatable bonds is 4. The normalized spacial score (nSPS) is 21.1. The molecule has 3 nitrogen and oxygen atoms in total. The van der Waals surface area contributed by atoms with E-state index in [-0.39, 0.29) is 6.10 Å². The van der Waals surface area contributed by atoms with E-state index in [1.54, 1.807) is 0 Å². The van der Waals surface area contributed by atoms with Crippen molar-refractivity contribution in [3.63, 3.8) is 0 Å². The lowest BCUT2D eigenvalue weighted by atomic mass is 10.2. The molecule has 12 heavy (non-hydrogen) atoms. The van der Waals surface area contributed by atoms with Crippen molar-refractivity contribution in [3.8, 4) is 0 Å². The minimum Gasteiger partial charge on any atom is -0.479 e. The van der Waals surface area contributed by atoms with E-state index in [0.29, 0.717) is 6.42 Å². The second kappa shape index (κ2) is 4.45. The molecule has 0 aromatic rings. The Morgan fingerprint density at radius 2 is 2.17 bits per heavy atom. The Kier molecular flexibility index (Phi) is 3.53. The number of aliphatic carboxylic acids is 1. The predicted octanol–water partition coefficient (Wildman–Crippen LogP) is 1.81. The molecule has 1 fully saturated rings. The number of carbonyl (C=O) groups is 1. The molecule has 1 atom stereocenters. The van der Waals surface area contributed by atoms with Gasteiger partial charge in [0.05, 0.1) is 6.10 Å². The van der Waals surface area contributed by atoms with E-state index in [1.165, 1.54) is 12.8 Å². The number of carboxylic acids is 1. The van der Waals surface area contributed by atoms with Crippen LogP contribution in [0.3, 0.4) is 0 Å². The first-order valence-electron chi connectivity index (χ1n) is 4.62. The molecule has 1 unspecified atom stereocenters. The average molecular weight is 172 g/mol. The second-order valence-corrected chi connectivity index (χ2v) is 3.28. The second-order valence-electron chi connectivity index (χ2n) is 3.28. The van der Waals surface area contributed by atoms with Gasteiger partial charge in [0.25, 0.3) is 0 Å². The van der Waals surface area contributed by atoms with Gasteiger partial charge >= 0.3 is 5.97 Å². The van der Waals surface area contributed by atoms with Crippen molar-refractivity contribution in [1.29, 1.82) is 0 Å². The lowest BCUT2D eigenvalue weighted by Gasteiger charge is -2.16. The third-order valence-electron chi connectivity index (χ3n) is 2.31. The summed E-state index contributed by atoms with van der Waals surface area (Å²) in [5.41, 5.74) is 0. The summed E-state index contributed by atoms with van der Waals surface area (Å²) in [6.45, 7) is 1.84. The Morgan fingerprint density at radius 3 is 2.58 bits per heavy atom. The van der Waals surface area contributed by atoms with Gasteiger partial charge in [0.2, 0.25) is 0 Å². The topological polar surface area (TPSA) is 46.5 Å². The molecule has 0 spiro atoms. The van der Waals surface area contributed by atoms with Crippen LogP contribution in [-0.4, -0.2) is 23.3 Å². The first-order valence-corrected chi connectivity index (χ1v) is 4.62. The molecule has 0 heterocycles. The summed E-state index contributed by atoms with van der Waals surface area (Å²) < 4.78 is 5.42. The van der Waals surface area contributed by atoms with Crippen LogP contribution in [0.2, 0.25) is 0 Å². The average Bonchev–Trinajstić information content (AvgIpc) is 2.51. The first-order chi connectivity index (χ1) is 5.74. The van der Waals surface area contributed by atoms with Crippen LogP contribution < -0.4 is 0 Å². The number of ether oxygens (including phenoxy) is 1. The molecular weight excluding hydrogens is 156 g/mol. The van der Waals surface area contributed by atoms with Crippen molar-refractivity contribution in [1.82, 2.24) is 0 Å². The van der Waals surface area contributed by atoms with Crippen molar-refractivity contribution in [2.45, 2.75) is 51.2 Å². The molecule has 1 saturated carbocycles. The molecule has 1 rings (SSSR count). The predicted molar refractivity (Wildman–Crippen MR) is 45.1 cm³/mol. The minimum absolute atomic E-state index is 0.200. The fourth-order valence-corrected chi connectivity index (χ4v) is 1.59. The highest BCUT2D eigenvalue weighted by Gasteiger charge is 2.23. The van der Waals surface area contributed by atoms with Crippen LogP contribution >= 0.6 is 0 Å². The summed E-state index contributed by atoms with van der Waals surface area (Å²) >= 11 is 0. The third kappa shape index (κ3) is 2.48. The Bertz CT molecular complexity index is 150. The first kappa shape index (κ1) is 9.52. The maximum atomic E-state index is 10.6. The Hall–Kier alpha value is -0.570. The van der Waals surface area contributed by atoms with E-state index in [0.717, 1.165) is 12.8 Å². The van der Waals surface area contributed by atoms with Gasteiger partial charge in [0, 0.05) is 0 Å². The highest BCUT2D eigenvalue weighted by molar-refractivity contribution is 5.72. The summed E-state index contributed by atoms with van der Waals surface area (Å²) in [6, 6.07) is 0. The van der Waals surface area contributed by atoms with Gasteiger partial charge in [-0.1, -0.05) is 19.8 Å². The zero-order chi connectivity index (χ0) is 8.97. The quantitative estimate of drug-likeness (QED) is 0.703. The van der Waals surface area contributed by atoms with E-state index in [2.05, 4.69) is 0 Å². The van der Waals surface area contributed by atoms with Crippen LogP contribution in [-0.2, 0) is 9.53 Å². The van der Waals surface area contributed by atoms with Crippen molar-refractivity contribution in [2.75, 3.05) is 0 Å². The lowest BCUT2D eigenvalue weighted by Crippen LogP contribution is -2.27. The molecule has 0 radical (unpaired) electrons. The van der Waals surface area contributed by atoms with Crippen LogP contribution in [0, 0.1) is 0 Å². The molecule has 1 aliphatic carbocycles.